The molecule has 23 heavy (non-hydrogen) atoms. The minimum atomic E-state index is -0.556. The van der Waals surface area contributed by atoms with Crippen molar-refractivity contribution < 1.29 is 19.4 Å². The molecule has 0 fully saturated rings. The molecule has 7 heteroatoms. The molecule has 2 amide bonds. The molecule has 3 atom stereocenters. The highest BCUT2D eigenvalue weighted by molar-refractivity contribution is 5.80. The Bertz CT molecular complexity index is 519. The van der Waals surface area contributed by atoms with Crippen LogP contribution < -0.4 is 15.8 Å². The lowest BCUT2D eigenvalue weighted by Crippen LogP contribution is -2.36. The summed E-state index contributed by atoms with van der Waals surface area (Å²) >= 11 is 0. The number of carbonyl (C=O) groups is 2. The van der Waals surface area contributed by atoms with Gasteiger partial charge >= 0.3 is 0 Å². The number of hydrogen-bond acceptors (Lipinski definition) is 5. The summed E-state index contributed by atoms with van der Waals surface area (Å²) in [7, 11) is 1.51. The number of rotatable bonds is 9. The Morgan fingerprint density at radius 3 is 2.61 bits per heavy atom. The molecule has 128 valence electrons. The summed E-state index contributed by atoms with van der Waals surface area (Å²) < 4.78 is 4.99. The molecule has 1 rings (SSSR count). The average Bonchev–Trinajstić information content (AvgIpc) is 2.53. The summed E-state index contributed by atoms with van der Waals surface area (Å²) in [6.07, 6.45) is 1.95. The highest BCUT2D eigenvalue weighted by atomic mass is 16.5. The molecule has 0 radical (unpaired) electrons. The van der Waals surface area contributed by atoms with Gasteiger partial charge in [0.25, 0.3) is 0 Å². The van der Waals surface area contributed by atoms with E-state index in [0.717, 1.165) is 0 Å². The zero-order valence-corrected chi connectivity index (χ0v) is 13.8. The molecule has 0 aliphatic carbocycles. The van der Waals surface area contributed by atoms with Gasteiger partial charge in [-0.1, -0.05) is 19.9 Å². The van der Waals surface area contributed by atoms with Crippen LogP contribution >= 0.6 is 0 Å². The number of hydrogen-bond donors (Lipinski definition) is 3. The van der Waals surface area contributed by atoms with Gasteiger partial charge in [-0.15, -0.1) is 0 Å². The fraction of sp³-hybridized carbons (Fsp3) is 0.562. The Labute approximate surface area is 136 Å². The van der Waals surface area contributed by atoms with Crippen LogP contribution in [0.2, 0.25) is 0 Å². The summed E-state index contributed by atoms with van der Waals surface area (Å²) in [6, 6.07) is 2.82. The zero-order valence-electron chi connectivity index (χ0n) is 13.8. The maximum absolute atomic E-state index is 12.3. The molecule has 0 saturated heterocycles. The molecule has 0 aromatic carbocycles. The summed E-state index contributed by atoms with van der Waals surface area (Å²) in [6.45, 7) is 3.59. The second kappa shape index (κ2) is 9.09. The van der Waals surface area contributed by atoms with Crippen LogP contribution in [0.15, 0.2) is 18.3 Å². The van der Waals surface area contributed by atoms with Gasteiger partial charge in [-0.3, -0.25) is 9.59 Å². The van der Waals surface area contributed by atoms with Crippen LogP contribution in [0.4, 0.5) is 0 Å². The van der Waals surface area contributed by atoms with E-state index in [-0.39, 0.29) is 18.2 Å². The molecule has 1 aromatic heterocycles. The van der Waals surface area contributed by atoms with Crippen molar-refractivity contribution in [1.82, 2.24) is 10.3 Å². The van der Waals surface area contributed by atoms with Crippen molar-refractivity contribution in [2.24, 2.45) is 11.7 Å². The lowest BCUT2D eigenvalue weighted by Gasteiger charge is -2.21. The van der Waals surface area contributed by atoms with Crippen molar-refractivity contribution >= 4 is 11.8 Å². The van der Waals surface area contributed by atoms with Gasteiger partial charge < -0.3 is 20.9 Å². The molecule has 0 aliphatic rings. The smallest absolute Gasteiger partial charge is 0.223 e. The van der Waals surface area contributed by atoms with Crippen molar-refractivity contribution in [3.05, 3.63) is 23.9 Å². The number of methoxy groups -OCH3 is 1. The van der Waals surface area contributed by atoms with Crippen molar-refractivity contribution in [3.8, 4) is 5.88 Å². The van der Waals surface area contributed by atoms with E-state index >= 15 is 0 Å². The second-order valence-corrected chi connectivity index (χ2v) is 5.56. The zero-order chi connectivity index (χ0) is 17.4. The Balaban J connectivity index is 2.81. The third-order valence-electron chi connectivity index (χ3n) is 3.64. The van der Waals surface area contributed by atoms with E-state index < -0.39 is 18.1 Å². The van der Waals surface area contributed by atoms with Gasteiger partial charge in [-0.05, 0) is 18.4 Å². The summed E-state index contributed by atoms with van der Waals surface area (Å²) in [5.74, 6) is -0.684. The number of aliphatic hydroxyl groups is 1. The summed E-state index contributed by atoms with van der Waals surface area (Å²) in [4.78, 5) is 27.6. The van der Waals surface area contributed by atoms with Crippen LogP contribution in [0.1, 0.15) is 44.7 Å². The van der Waals surface area contributed by atoms with E-state index in [0.29, 0.717) is 24.3 Å². The third-order valence-corrected chi connectivity index (χ3v) is 3.64. The van der Waals surface area contributed by atoms with Gasteiger partial charge in [0.1, 0.15) is 0 Å². The number of nitrogens with one attached hydrogen (secondary N) is 1. The molecule has 1 heterocycles. The first-order valence-electron chi connectivity index (χ1n) is 7.64. The van der Waals surface area contributed by atoms with Crippen LogP contribution in [0.5, 0.6) is 5.88 Å². The number of nitrogens with two attached hydrogens (primary N) is 1. The molecular formula is C16H25N3O4. The van der Waals surface area contributed by atoms with E-state index in [1.165, 1.54) is 13.3 Å². The number of nitrogens with zero attached hydrogens (tertiary/aromatic N) is 1. The van der Waals surface area contributed by atoms with Crippen LogP contribution in [0, 0.1) is 5.92 Å². The van der Waals surface area contributed by atoms with Gasteiger partial charge in [0.05, 0.1) is 25.7 Å². The minimum Gasteiger partial charge on any atom is -0.481 e. The molecule has 0 bridgehead atoms. The Kier molecular flexibility index (Phi) is 7.47. The second-order valence-electron chi connectivity index (χ2n) is 5.56. The fourth-order valence-corrected chi connectivity index (χ4v) is 2.17. The molecule has 0 spiro atoms. The third kappa shape index (κ3) is 6.23. The molecule has 0 aliphatic heterocycles. The van der Waals surface area contributed by atoms with Crippen molar-refractivity contribution in [1.29, 1.82) is 0 Å². The summed E-state index contributed by atoms with van der Waals surface area (Å²) in [5, 5.41) is 12.5. The maximum Gasteiger partial charge on any atom is 0.223 e. The van der Waals surface area contributed by atoms with Gasteiger partial charge in [-0.2, -0.15) is 0 Å². The maximum atomic E-state index is 12.3. The lowest BCUT2D eigenvalue weighted by atomic mass is 9.99. The standard InChI is InChI=1S/C16H25N3O4/c1-4-12(20)7-10(2)16(22)19-13(8-14(17)21)11-5-6-15(23-3)18-9-11/h5-6,9-10,12-13,20H,4,7-8H2,1-3H3,(H2,17,21)(H,19,22). The predicted molar refractivity (Wildman–Crippen MR) is 85.6 cm³/mol. The number of aromatic nitrogens is 1. The van der Waals surface area contributed by atoms with Gasteiger partial charge in [0.2, 0.25) is 17.7 Å². The summed E-state index contributed by atoms with van der Waals surface area (Å²) in [5.41, 5.74) is 5.93. The molecule has 3 unspecified atom stereocenters. The normalized spacial score (nSPS) is 14.6. The number of amides is 2. The topological polar surface area (TPSA) is 115 Å². The average molecular weight is 323 g/mol. The molecule has 4 N–H and O–H groups in total. The van der Waals surface area contributed by atoms with E-state index in [9.17, 15) is 14.7 Å². The number of primary amides is 1. The molecular weight excluding hydrogens is 298 g/mol. The molecule has 7 nitrogen and oxygen atoms in total. The highest BCUT2D eigenvalue weighted by Crippen LogP contribution is 2.19. The Hall–Kier alpha value is -2.15. The number of ether oxygens (including phenoxy) is 1. The SMILES string of the molecule is CCC(O)CC(C)C(=O)NC(CC(N)=O)c1ccc(OC)nc1. The lowest BCUT2D eigenvalue weighted by molar-refractivity contribution is -0.126. The minimum absolute atomic E-state index is 0.0250. The van der Waals surface area contributed by atoms with Crippen molar-refractivity contribution in [3.63, 3.8) is 0 Å². The number of aliphatic hydroxyl groups excluding tert-OH is 1. The number of carbonyl (C=O) groups excluding carboxylic acids is 2. The van der Waals surface area contributed by atoms with Crippen LogP contribution in [0.25, 0.3) is 0 Å². The fourth-order valence-electron chi connectivity index (χ4n) is 2.17. The highest BCUT2D eigenvalue weighted by Gasteiger charge is 2.22. The monoisotopic (exact) mass is 323 g/mol. The van der Waals surface area contributed by atoms with Crippen molar-refractivity contribution in [2.75, 3.05) is 7.11 Å². The molecule has 1 aromatic rings. The first-order chi connectivity index (χ1) is 10.9. The van der Waals surface area contributed by atoms with E-state index in [4.69, 9.17) is 10.5 Å². The van der Waals surface area contributed by atoms with E-state index in [1.807, 2.05) is 6.92 Å². The van der Waals surface area contributed by atoms with Gasteiger partial charge in [0, 0.05) is 18.2 Å². The quantitative estimate of drug-likeness (QED) is 0.625. The van der Waals surface area contributed by atoms with E-state index in [2.05, 4.69) is 10.3 Å². The van der Waals surface area contributed by atoms with Gasteiger partial charge in [-0.25, -0.2) is 4.98 Å². The first kappa shape index (κ1) is 18.9. The predicted octanol–water partition coefficient (Wildman–Crippen LogP) is 0.920. The van der Waals surface area contributed by atoms with Crippen LogP contribution in [-0.4, -0.2) is 35.1 Å². The number of pyridine rings is 1. The van der Waals surface area contributed by atoms with Crippen LogP contribution in [-0.2, 0) is 9.59 Å². The molecule has 0 saturated carbocycles. The first-order valence-corrected chi connectivity index (χ1v) is 7.64. The van der Waals surface area contributed by atoms with Crippen LogP contribution in [0.3, 0.4) is 0 Å². The Morgan fingerprint density at radius 1 is 1.43 bits per heavy atom. The largest absolute Gasteiger partial charge is 0.481 e. The van der Waals surface area contributed by atoms with Crippen molar-refractivity contribution in [2.45, 2.75) is 45.3 Å². The van der Waals surface area contributed by atoms with Gasteiger partial charge in [0.15, 0.2) is 0 Å². The Morgan fingerprint density at radius 2 is 2.13 bits per heavy atom. The van der Waals surface area contributed by atoms with E-state index in [1.54, 1.807) is 19.1 Å².